The number of hydrazine groups is 1. The Hall–Kier alpha value is -0.950. The highest BCUT2D eigenvalue weighted by Crippen LogP contribution is 2.31. The van der Waals surface area contributed by atoms with Crippen molar-refractivity contribution >= 4 is 31.9 Å². The second-order valence-electron chi connectivity index (χ2n) is 4.52. The smallest absolute Gasteiger partial charge is 0.137 e. The second kappa shape index (κ2) is 7.35. The van der Waals surface area contributed by atoms with Crippen molar-refractivity contribution in [1.29, 1.82) is 0 Å². The predicted molar refractivity (Wildman–Crippen MR) is 88.6 cm³/mol. The van der Waals surface area contributed by atoms with Gasteiger partial charge in [0.15, 0.2) is 0 Å². The van der Waals surface area contributed by atoms with E-state index in [4.69, 9.17) is 10.6 Å². The Kier molecular flexibility index (Phi) is 5.75. The third-order valence-corrected chi connectivity index (χ3v) is 4.55. The van der Waals surface area contributed by atoms with Crippen LogP contribution in [0, 0.1) is 5.82 Å². The van der Waals surface area contributed by atoms with Crippen LogP contribution in [0.15, 0.2) is 45.3 Å². The molecule has 0 amide bonds. The third-order valence-electron chi connectivity index (χ3n) is 3.22. The molecule has 0 bridgehead atoms. The maximum Gasteiger partial charge on any atom is 0.137 e. The van der Waals surface area contributed by atoms with Crippen LogP contribution in [0.2, 0.25) is 0 Å². The van der Waals surface area contributed by atoms with Gasteiger partial charge in [-0.2, -0.15) is 0 Å². The fourth-order valence-electron chi connectivity index (χ4n) is 2.17. The molecular formula is C15H15Br2FN2O. The van der Waals surface area contributed by atoms with E-state index in [-0.39, 0.29) is 11.9 Å². The lowest BCUT2D eigenvalue weighted by atomic mass is 9.98. The number of nitrogens with one attached hydrogen (secondary N) is 1. The summed E-state index contributed by atoms with van der Waals surface area (Å²) in [5.74, 6) is 6.11. The van der Waals surface area contributed by atoms with Gasteiger partial charge in [0.1, 0.15) is 11.6 Å². The van der Waals surface area contributed by atoms with Gasteiger partial charge in [-0.3, -0.25) is 11.3 Å². The number of methoxy groups -OCH3 is 1. The zero-order valence-corrected chi connectivity index (χ0v) is 14.5. The summed E-state index contributed by atoms with van der Waals surface area (Å²) in [6.45, 7) is 0. The largest absolute Gasteiger partial charge is 0.496 e. The van der Waals surface area contributed by atoms with E-state index < -0.39 is 0 Å². The number of hydrogen-bond acceptors (Lipinski definition) is 3. The van der Waals surface area contributed by atoms with E-state index in [1.54, 1.807) is 13.2 Å². The lowest BCUT2D eigenvalue weighted by Crippen LogP contribution is -2.30. The predicted octanol–water partition coefficient (Wildman–Crippen LogP) is 4.11. The van der Waals surface area contributed by atoms with Crippen LogP contribution in [-0.2, 0) is 6.42 Å². The summed E-state index contributed by atoms with van der Waals surface area (Å²) in [6, 6.07) is 10.4. The van der Waals surface area contributed by atoms with Crippen LogP contribution in [0.25, 0.3) is 0 Å². The molecule has 2 aromatic rings. The highest BCUT2D eigenvalue weighted by Gasteiger charge is 2.18. The lowest BCUT2D eigenvalue weighted by Gasteiger charge is -2.19. The number of rotatable bonds is 5. The first kappa shape index (κ1) is 16.4. The summed E-state index contributed by atoms with van der Waals surface area (Å²) in [6.07, 6.45) is 0.571. The van der Waals surface area contributed by atoms with Crippen LogP contribution in [-0.4, -0.2) is 7.11 Å². The Labute approximate surface area is 139 Å². The molecule has 0 spiro atoms. The van der Waals surface area contributed by atoms with Gasteiger partial charge in [-0.15, -0.1) is 0 Å². The molecule has 2 rings (SSSR count). The normalized spacial score (nSPS) is 12.2. The summed E-state index contributed by atoms with van der Waals surface area (Å²) >= 11 is 6.72. The second-order valence-corrected chi connectivity index (χ2v) is 6.23. The number of benzene rings is 2. The molecule has 0 aliphatic carbocycles. The van der Waals surface area contributed by atoms with Crippen LogP contribution >= 0.6 is 31.9 Å². The summed E-state index contributed by atoms with van der Waals surface area (Å²) in [7, 11) is 1.62. The van der Waals surface area contributed by atoms with E-state index in [0.717, 1.165) is 21.3 Å². The molecule has 21 heavy (non-hydrogen) atoms. The molecule has 0 saturated heterocycles. The molecule has 1 atom stereocenters. The van der Waals surface area contributed by atoms with E-state index in [1.165, 1.54) is 6.07 Å². The zero-order valence-electron chi connectivity index (χ0n) is 11.4. The van der Waals surface area contributed by atoms with Crippen molar-refractivity contribution in [3.8, 4) is 5.75 Å². The van der Waals surface area contributed by atoms with Crippen molar-refractivity contribution < 1.29 is 9.13 Å². The first-order valence-corrected chi connectivity index (χ1v) is 7.88. The number of nitrogens with two attached hydrogens (primary N) is 1. The minimum absolute atomic E-state index is 0.238. The van der Waals surface area contributed by atoms with Gasteiger partial charge < -0.3 is 4.74 Å². The minimum Gasteiger partial charge on any atom is -0.496 e. The molecule has 112 valence electrons. The van der Waals surface area contributed by atoms with Gasteiger partial charge in [0.25, 0.3) is 0 Å². The standard InChI is InChI=1S/C15H15Br2FN2O/c1-21-14-6-5-10(16)7-9(14)8-13(20-19)11-3-2-4-12(18)15(11)17/h2-7,13,20H,8,19H2,1H3. The summed E-state index contributed by atoms with van der Waals surface area (Å²) in [4.78, 5) is 0. The van der Waals surface area contributed by atoms with Crippen molar-refractivity contribution in [1.82, 2.24) is 5.43 Å². The van der Waals surface area contributed by atoms with Gasteiger partial charge in [-0.25, -0.2) is 4.39 Å². The van der Waals surface area contributed by atoms with E-state index in [1.807, 2.05) is 24.3 Å². The van der Waals surface area contributed by atoms with Gasteiger partial charge in [0.2, 0.25) is 0 Å². The van der Waals surface area contributed by atoms with Crippen molar-refractivity contribution in [3.63, 3.8) is 0 Å². The minimum atomic E-state index is -0.311. The van der Waals surface area contributed by atoms with Crippen LogP contribution in [0.1, 0.15) is 17.2 Å². The maximum atomic E-state index is 13.7. The van der Waals surface area contributed by atoms with E-state index in [0.29, 0.717) is 10.9 Å². The van der Waals surface area contributed by atoms with Gasteiger partial charge >= 0.3 is 0 Å². The SMILES string of the molecule is COc1ccc(Br)cc1CC(NN)c1cccc(F)c1Br. The number of ether oxygens (including phenoxy) is 1. The summed E-state index contributed by atoms with van der Waals surface area (Å²) in [5.41, 5.74) is 4.48. The number of halogens is 3. The fourth-order valence-corrected chi connectivity index (χ4v) is 3.12. The molecule has 1 unspecified atom stereocenters. The van der Waals surface area contributed by atoms with Crippen molar-refractivity contribution in [2.45, 2.75) is 12.5 Å². The molecule has 0 aliphatic heterocycles. The Balaban J connectivity index is 2.35. The quantitative estimate of drug-likeness (QED) is 0.568. The van der Waals surface area contributed by atoms with E-state index >= 15 is 0 Å². The first-order valence-electron chi connectivity index (χ1n) is 6.29. The Bertz CT molecular complexity index is 637. The molecule has 6 heteroatoms. The molecular weight excluding hydrogens is 403 g/mol. The topological polar surface area (TPSA) is 47.3 Å². The van der Waals surface area contributed by atoms with Gasteiger partial charge in [-0.1, -0.05) is 28.1 Å². The molecule has 0 aliphatic rings. The highest BCUT2D eigenvalue weighted by molar-refractivity contribution is 9.10. The van der Waals surface area contributed by atoms with Crippen molar-refractivity contribution in [3.05, 3.63) is 62.3 Å². The molecule has 0 saturated carbocycles. The maximum absolute atomic E-state index is 13.7. The van der Waals surface area contributed by atoms with Gasteiger partial charge in [0, 0.05) is 4.47 Å². The van der Waals surface area contributed by atoms with Crippen molar-refractivity contribution in [2.75, 3.05) is 7.11 Å². The molecule has 3 nitrogen and oxygen atoms in total. The average Bonchev–Trinajstić information content (AvgIpc) is 2.48. The van der Waals surface area contributed by atoms with Crippen LogP contribution in [0.4, 0.5) is 4.39 Å². The van der Waals surface area contributed by atoms with E-state index in [2.05, 4.69) is 37.3 Å². The Morgan fingerprint density at radius 2 is 2.05 bits per heavy atom. The Morgan fingerprint density at radius 3 is 2.71 bits per heavy atom. The van der Waals surface area contributed by atoms with Crippen LogP contribution in [0.5, 0.6) is 5.75 Å². The molecule has 0 aromatic heterocycles. The Morgan fingerprint density at radius 1 is 1.29 bits per heavy atom. The molecule has 0 fully saturated rings. The molecule has 0 radical (unpaired) electrons. The highest BCUT2D eigenvalue weighted by atomic mass is 79.9. The summed E-state index contributed by atoms with van der Waals surface area (Å²) in [5, 5.41) is 0. The monoisotopic (exact) mass is 416 g/mol. The third kappa shape index (κ3) is 3.83. The van der Waals surface area contributed by atoms with Gasteiger partial charge in [-0.05, 0) is 57.7 Å². The summed E-state index contributed by atoms with van der Waals surface area (Å²) < 4.78 is 20.4. The van der Waals surface area contributed by atoms with Crippen molar-refractivity contribution in [2.24, 2.45) is 5.84 Å². The lowest BCUT2D eigenvalue weighted by molar-refractivity contribution is 0.405. The van der Waals surface area contributed by atoms with Gasteiger partial charge in [0.05, 0.1) is 17.6 Å². The van der Waals surface area contributed by atoms with Crippen LogP contribution < -0.4 is 16.0 Å². The van der Waals surface area contributed by atoms with E-state index in [9.17, 15) is 4.39 Å². The average molecular weight is 418 g/mol. The van der Waals surface area contributed by atoms with Crippen LogP contribution in [0.3, 0.4) is 0 Å². The zero-order chi connectivity index (χ0) is 15.4. The fraction of sp³-hybridized carbons (Fsp3) is 0.200. The number of hydrogen-bond donors (Lipinski definition) is 2. The molecule has 2 aromatic carbocycles. The molecule has 3 N–H and O–H groups in total. The molecule has 0 heterocycles. The first-order chi connectivity index (χ1) is 10.1.